The Morgan fingerprint density at radius 2 is 1.21 bits per heavy atom. The highest BCUT2D eigenvalue weighted by molar-refractivity contribution is 5.69. The predicted octanol–water partition coefficient (Wildman–Crippen LogP) is 9.09. The standard InChI is InChI=1S/C32H63NO5/c1-6-9-10-11-12-13-14-15-16-19-23-30(38-32(35)37-27-21-26-33(7-2)8-3)25-28-36-31(34)24-20-17-18-22-29(4)5/h29-30H,6-28H2,1-5H3. The zero-order valence-electron chi connectivity index (χ0n) is 25.9. The number of ether oxygens (including phenoxy) is 3. The maximum Gasteiger partial charge on any atom is 0.508 e. The molecule has 226 valence electrons. The van der Waals surface area contributed by atoms with Gasteiger partial charge in [0.1, 0.15) is 6.10 Å². The SMILES string of the molecule is CCCCCCCCCCCCC(CCOC(=O)CCCCCC(C)C)OC(=O)OCCCN(CC)CC. The second-order valence-electron chi connectivity index (χ2n) is 11.2. The number of esters is 1. The van der Waals surface area contributed by atoms with Gasteiger partial charge in [-0.3, -0.25) is 4.79 Å². The molecule has 0 spiro atoms. The van der Waals surface area contributed by atoms with Gasteiger partial charge in [0.15, 0.2) is 0 Å². The van der Waals surface area contributed by atoms with Crippen molar-refractivity contribution < 1.29 is 23.8 Å². The number of carbonyl (C=O) groups is 2. The molecule has 38 heavy (non-hydrogen) atoms. The van der Waals surface area contributed by atoms with Crippen LogP contribution in [0.5, 0.6) is 0 Å². The van der Waals surface area contributed by atoms with E-state index in [2.05, 4.69) is 39.5 Å². The minimum atomic E-state index is -0.599. The lowest BCUT2D eigenvalue weighted by Gasteiger charge is -2.19. The van der Waals surface area contributed by atoms with Gasteiger partial charge >= 0.3 is 12.1 Å². The zero-order chi connectivity index (χ0) is 28.3. The molecule has 0 saturated heterocycles. The van der Waals surface area contributed by atoms with E-state index >= 15 is 0 Å². The van der Waals surface area contributed by atoms with Crippen molar-refractivity contribution in [3.05, 3.63) is 0 Å². The molecule has 0 saturated carbocycles. The summed E-state index contributed by atoms with van der Waals surface area (Å²) in [4.78, 5) is 26.7. The first-order valence-electron chi connectivity index (χ1n) is 16.1. The number of carbonyl (C=O) groups excluding carboxylic acids is 2. The Morgan fingerprint density at radius 1 is 0.632 bits per heavy atom. The summed E-state index contributed by atoms with van der Waals surface area (Å²) in [7, 11) is 0. The van der Waals surface area contributed by atoms with E-state index in [0.717, 1.165) is 64.6 Å². The van der Waals surface area contributed by atoms with E-state index in [1.54, 1.807) is 0 Å². The fraction of sp³-hybridized carbons (Fsp3) is 0.938. The summed E-state index contributed by atoms with van der Waals surface area (Å²) < 4.78 is 16.4. The highest BCUT2D eigenvalue weighted by Crippen LogP contribution is 2.16. The summed E-state index contributed by atoms with van der Waals surface area (Å²) in [5.74, 6) is 0.565. The van der Waals surface area contributed by atoms with Crippen LogP contribution in [0.1, 0.15) is 150 Å². The van der Waals surface area contributed by atoms with Crippen molar-refractivity contribution in [2.45, 2.75) is 156 Å². The second-order valence-corrected chi connectivity index (χ2v) is 11.2. The molecule has 0 aromatic rings. The van der Waals surface area contributed by atoms with Gasteiger partial charge in [-0.15, -0.1) is 0 Å². The molecule has 0 fully saturated rings. The van der Waals surface area contributed by atoms with Gasteiger partial charge in [-0.25, -0.2) is 4.79 Å². The molecule has 0 rings (SSSR count). The maximum absolute atomic E-state index is 12.3. The average molecular weight is 542 g/mol. The van der Waals surface area contributed by atoms with E-state index in [0.29, 0.717) is 32.0 Å². The van der Waals surface area contributed by atoms with Crippen LogP contribution in [0.25, 0.3) is 0 Å². The van der Waals surface area contributed by atoms with Gasteiger partial charge < -0.3 is 19.1 Å². The number of hydrogen-bond donors (Lipinski definition) is 0. The third kappa shape index (κ3) is 25.0. The van der Waals surface area contributed by atoms with E-state index in [1.807, 2.05) is 0 Å². The summed E-state index contributed by atoms with van der Waals surface area (Å²) >= 11 is 0. The van der Waals surface area contributed by atoms with Crippen molar-refractivity contribution in [1.82, 2.24) is 4.90 Å². The molecule has 0 radical (unpaired) electrons. The Bertz CT molecular complexity index is 536. The van der Waals surface area contributed by atoms with Crippen LogP contribution in [-0.2, 0) is 19.0 Å². The third-order valence-corrected chi connectivity index (χ3v) is 7.24. The molecular formula is C32H63NO5. The molecule has 0 aromatic heterocycles. The summed E-state index contributed by atoms with van der Waals surface area (Å²) in [5, 5.41) is 0. The van der Waals surface area contributed by atoms with Crippen molar-refractivity contribution in [2.24, 2.45) is 5.92 Å². The largest absolute Gasteiger partial charge is 0.508 e. The Labute approximate surface area is 235 Å². The van der Waals surface area contributed by atoms with E-state index in [-0.39, 0.29) is 12.1 Å². The Kier molecular flexibility index (Phi) is 26.3. The smallest absolute Gasteiger partial charge is 0.466 e. The van der Waals surface area contributed by atoms with E-state index < -0.39 is 6.16 Å². The summed E-state index contributed by atoms with van der Waals surface area (Å²) in [5.41, 5.74) is 0. The minimum Gasteiger partial charge on any atom is -0.466 e. The molecule has 0 amide bonds. The molecule has 6 nitrogen and oxygen atoms in total. The molecule has 0 aliphatic heterocycles. The van der Waals surface area contributed by atoms with E-state index in [9.17, 15) is 9.59 Å². The van der Waals surface area contributed by atoms with Crippen LogP contribution in [-0.4, -0.2) is 56.0 Å². The van der Waals surface area contributed by atoms with Gasteiger partial charge in [-0.1, -0.05) is 112 Å². The van der Waals surface area contributed by atoms with E-state index in [1.165, 1.54) is 57.8 Å². The molecule has 0 aliphatic carbocycles. The Balaban J connectivity index is 4.27. The first-order chi connectivity index (χ1) is 18.4. The minimum absolute atomic E-state index is 0.147. The molecule has 0 aromatic carbocycles. The van der Waals surface area contributed by atoms with Crippen molar-refractivity contribution in [1.29, 1.82) is 0 Å². The molecule has 0 bridgehead atoms. The fourth-order valence-corrected chi connectivity index (χ4v) is 4.65. The molecule has 0 aliphatic rings. The lowest BCUT2D eigenvalue weighted by Crippen LogP contribution is -2.26. The van der Waals surface area contributed by atoms with Crippen LogP contribution < -0.4 is 0 Å². The van der Waals surface area contributed by atoms with Gasteiger partial charge in [-0.2, -0.15) is 0 Å². The lowest BCUT2D eigenvalue weighted by molar-refractivity contribution is -0.144. The lowest BCUT2D eigenvalue weighted by atomic mass is 10.0. The van der Waals surface area contributed by atoms with E-state index in [4.69, 9.17) is 14.2 Å². The van der Waals surface area contributed by atoms with Crippen molar-refractivity contribution >= 4 is 12.1 Å². The average Bonchev–Trinajstić information content (AvgIpc) is 2.89. The number of hydrogen-bond acceptors (Lipinski definition) is 6. The predicted molar refractivity (Wildman–Crippen MR) is 159 cm³/mol. The molecular weight excluding hydrogens is 478 g/mol. The van der Waals surface area contributed by atoms with Crippen LogP contribution in [0.4, 0.5) is 4.79 Å². The summed E-state index contributed by atoms with van der Waals surface area (Å²) in [6.07, 6.45) is 18.7. The Hall–Kier alpha value is -1.30. The van der Waals surface area contributed by atoms with Crippen molar-refractivity contribution in [2.75, 3.05) is 32.8 Å². The summed E-state index contributed by atoms with van der Waals surface area (Å²) in [6, 6.07) is 0. The first kappa shape index (κ1) is 36.7. The second kappa shape index (κ2) is 27.3. The van der Waals surface area contributed by atoms with Gasteiger partial charge in [0.05, 0.1) is 13.2 Å². The normalized spacial score (nSPS) is 12.2. The first-order valence-corrected chi connectivity index (χ1v) is 16.1. The molecule has 0 heterocycles. The monoisotopic (exact) mass is 541 g/mol. The molecule has 1 unspecified atom stereocenters. The van der Waals surface area contributed by atoms with Crippen LogP contribution in [0.3, 0.4) is 0 Å². The maximum atomic E-state index is 12.3. The number of nitrogens with zero attached hydrogens (tertiary/aromatic N) is 1. The van der Waals surface area contributed by atoms with Gasteiger partial charge in [0.25, 0.3) is 0 Å². The van der Waals surface area contributed by atoms with Gasteiger partial charge in [-0.05, 0) is 44.7 Å². The van der Waals surface area contributed by atoms with Crippen LogP contribution in [0.2, 0.25) is 0 Å². The summed E-state index contributed by atoms with van der Waals surface area (Å²) in [6.45, 7) is 14.5. The van der Waals surface area contributed by atoms with Crippen LogP contribution in [0.15, 0.2) is 0 Å². The highest BCUT2D eigenvalue weighted by atomic mass is 16.7. The molecule has 6 heteroatoms. The highest BCUT2D eigenvalue weighted by Gasteiger charge is 2.17. The fourth-order valence-electron chi connectivity index (χ4n) is 4.65. The topological polar surface area (TPSA) is 65.1 Å². The number of rotatable bonds is 27. The Morgan fingerprint density at radius 3 is 1.82 bits per heavy atom. The van der Waals surface area contributed by atoms with Crippen molar-refractivity contribution in [3.8, 4) is 0 Å². The van der Waals surface area contributed by atoms with Crippen LogP contribution >= 0.6 is 0 Å². The van der Waals surface area contributed by atoms with Gasteiger partial charge in [0, 0.05) is 19.4 Å². The van der Waals surface area contributed by atoms with Crippen LogP contribution in [0, 0.1) is 5.92 Å². The molecule has 1 atom stereocenters. The van der Waals surface area contributed by atoms with Gasteiger partial charge in [0.2, 0.25) is 0 Å². The molecule has 0 N–H and O–H groups in total. The quantitative estimate of drug-likeness (QED) is 0.0763. The van der Waals surface area contributed by atoms with Crippen molar-refractivity contribution in [3.63, 3.8) is 0 Å². The number of unbranched alkanes of at least 4 members (excludes halogenated alkanes) is 11. The zero-order valence-corrected chi connectivity index (χ0v) is 25.9. The third-order valence-electron chi connectivity index (χ3n) is 7.24.